The third kappa shape index (κ3) is 12.3. The zero-order valence-corrected chi connectivity index (χ0v) is 52.8. The Balaban J connectivity index is 0.892. The Morgan fingerprint density at radius 2 is 1.58 bits per heavy atom. The number of fused-ring (bicyclic) bond motifs is 6. The molecule has 5 aliphatic heterocycles. The molecule has 490 valence electrons. The lowest BCUT2D eigenvalue weighted by Gasteiger charge is -2.63. The number of nitrogens with one attached hydrogen (secondary N) is 6. The number of esters is 1. The van der Waals surface area contributed by atoms with Crippen LogP contribution in [0.5, 0.6) is 5.75 Å². The van der Waals surface area contributed by atoms with Crippen LogP contribution in [0.25, 0.3) is 10.9 Å². The van der Waals surface area contributed by atoms with Crippen LogP contribution in [0, 0.1) is 17.3 Å². The molecule has 1 aromatic heterocycles. The predicted octanol–water partition coefficient (Wildman–Crippen LogP) is 1.53. The number of aliphatic hydroxyl groups excluding tert-OH is 1. The van der Waals surface area contributed by atoms with Crippen LogP contribution in [0.3, 0.4) is 0 Å². The number of likely N-dealkylation sites (N-methyl/N-ethyl adjacent to an activating group) is 1. The summed E-state index contributed by atoms with van der Waals surface area (Å²) in [6.07, 6.45) is 1.84. The van der Waals surface area contributed by atoms with Gasteiger partial charge in [-0.1, -0.05) is 72.7 Å². The number of hydrazine groups is 1. The Morgan fingerprint density at radius 3 is 2.27 bits per heavy atom. The van der Waals surface area contributed by atoms with Crippen molar-refractivity contribution in [3.05, 3.63) is 70.9 Å². The highest BCUT2D eigenvalue weighted by atomic mass is 33.1. The van der Waals surface area contributed by atoms with Gasteiger partial charge in [0.05, 0.1) is 38.7 Å². The summed E-state index contributed by atoms with van der Waals surface area (Å²) in [5.41, 5.74) is 1.40. The van der Waals surface area contributed by atoms with Gasteiger partial charge in [-0.2, -0.15) is 0 Å². The number of amides is 5. The smallest absolute Gasteiger partial charge is 0.426 e. The van der Waals surface area contributed by atoms with Gasteiger partial charge in [0.2, 0.25) is 17.7 Å². The van der Waals surface area contributed by atoms with Gasteiger partial charge in [0.1, 0.15) is 36.0 Å². The summed E-state index contributed by atoms with van der Waals surface area (Å²) < 4.78 is 17.7. The number of aromatic nitrogens is 1. The molecular formula is C61H81N9O18S2. The molecule has 0 radical (unpaired) electrons. The number of rotatable bonds is 24. The highest BCUT2D eigenvalue weighted by molar-refractivity contribution is 8.76. The van der Waals surface area contributed by atoms with E-state index in [0.717, 1.165) is 22.0 Å². The fraction of sp³-hybridized carbons (Fsp3) is 0.590. The number of H-pyrrole nitrogens is 1. The monoisotopic (exact) mass is 1290 g/mol. The number of hydrogen-bond donors (Lipinski definition) is 12. The van der Waals surface area contributed by atoms with E-state index in [1.165, 1.54) is 42.7 Å². The van der Waals surface area contributed by atoms with Gasteiger partial charge in [0, 0.05) is 114 Å². The van der Waals surface area contributed by atoms with Gasteiger partial charge in [-0.05, 0) is 74.2 Å². The maximum atomic E-state index is 15.5. The quantitative estimate of drug-likeness (QED) is 0.0199. The first kappa shape index (κ1) is 67.2. The summed E-state index contributed by atoms with van der Waals surface area (Å²) in [6.45, 7) is 7.17. The van der Waals surface area contributed by atoms with Crippen LogP contribution < -0.4 is 36.4 Å². The Kier molecular flexibility index (Phi) is 20.2. The summed E-state index contributed by atoms with van der Waals surface area (Å²) in [5.74, 6) is -9.32. The number of carboxylic acids is 3. The van der Waals surface area contributed by atoms with E-state index in [-0.39, 0.29) is 36.9 Å². The van der Waals surface area contributed by atoms with Crippen LogP contribution in [0.1, 0.15) is 94.5 Å². The number of hydrogen-bond acceptors (Lipinski definition) is 20. The lowest BCUT2D eigenvalue weighted by atomic mass is 9.47. The summed E-state index contributed by atoms with van der Waals surface area (Å²) in [4.78, 5) is 126. The number of ether oxygens (including phenoxy) is 3. The highest BCUT2D eigenvalue weighted by Crippen LogP contribution is 2.67. The first-order valence-electron chi connectivity index (χ1n) is 30.2. The van der Waals surface area contributed by atoms with E-state index in [9.17, 15) is 59.1 Å². The minimum Gasteiger partial charge on any atom is -0.496 e. The number of aliphatic carboxylic acids is 3. The molecule has 2 aromatic carbocycles. The Hall–Kier alpha value is -7.15. The van der Waals surface area contributed by atoms with Crippen molar-refractivity contribution in [2.24, 2.45) is 17.3 Å². The van der Waals surface area contributed by atoms with Crippen LogP contribution in [-0.4, -0.2) is 219 Å². The van der Waals surface area contributed by atoms with Crippen LogP contribution in [-0.2, 0) is 65.1 Å². The number of aliphatic hydroxyl groups is 3. The van der Waals surface area contributed by atoms with Crippen molar-refractivity contribution >= 4 is 91.8 Å². The van der Waals surface area contributed by atoms with Crippen molar-refractivity contribution in [3.8, 4) is 5.75 Å². The molecular weight excluding hydrogens is 1210 g/mol. The number of methoxy groups -OCH3 is 2. The van der Waals surface area contributed by atoms with Crippen molar-refractivity contribution < 1.29 is 88.0 Å². The molecule has 3 fully saturated rings. The SMILES string of the molecule is CC[C@]1(O)CC2CN(CCc3c([nH]c4ccccc34)[C@@](C(=O)OC)(c3cc4c(cc3OC)N(C)[C@H]3[C@@](O)(C(=O)NNC(=O)OCCSSCCC(=O)NC[C@H](NC(=O)[C@H](CC(=O)O)NC(=O)[C@@H](C)CC(=O)O)C(=O)O)[C@H](O)[C@]5(CC)C=CCN6CC[C@]43[C@@H]65)C2)C1. The standard InChI is InChI=1S/C61H81N9O18S2/c1-7-57(84)28-34-29-60(55(82)87-6,47-36(14-19-69(31-34)32-57)35-12-9-10-13-39(35)63-47)38-25-37-42(27-43(38)86-5)68(4)52-59(37)17-20-70-18-11-16-58(8-2,51(59)70)53(80)61(52,85)54(81)66-67-56(83)88-21-23-90-89-22-15-44(71)62-30-41(50(78)79)65-49(77)40(26-46(74)75)64-48(76)33(3)24-45(72)73/h9-13,16,25,27,33-34,40-41,51-53,63,80,84-85H,7-8,14-15,17-24,26,28-32H2,1-6H3,(H,62,71)(H,64,76)(H,65,77)(H,66,81)(H,67,83)(H,72,73)(H,74,75)(H,78,79)/t33-,34?,40-,41-,51-,52+,53+,57-,58+,59+,60-,61-/m0/s1. The largest absolute Gasteiger partial charge is 0.496 e. The maximum Gasteiger partial charge on any atom is 0.426 e. The third-order valence-electron chi connectivity index (χ3n) is 19.4. The molecule has 27 nitrogen and oxygen atoms in total. The van der Waals surface area contributed by atoms with E-state index in [2.05, 4.69) is 41.6 Å². The zero-order chi connectivity index (χ0) is 65.3. The number of carbonyl (C=O) groups is 9. The van der Waals surface area contributed by atoms with E-state index in [0.29, 0.717) is 87.5 Å². The van der Waals surface area contributed by atoms with Crippen LogP contribution in [0.15, 0.2) is 48.6 Å². The van der Waals surface area contributed by atoms with Crippen LogP contribution in [0.2, 0.25) is 0 Å². The van der Waals surface area contributed by atoms with Gasteiger partial charge in [-0.25, -0.2) is 15.0 Å². The number of piperidine rings is 1. The van der Waals surface area contributed by atoms with E-state index in [4.69, 9.17) is 19.3 Å². The average Bonchev–Trinajstić information content (AvgIpc) is 1.45. The second-order valence-electron chi connectivity index (χ2n) is 24.6. The van der Waals surface area contributed by atoms with Crippen molar-refractivity contribution in [1.82, 2.24) is 41.6 Å². The van der Waals surface area contributed by atoms with Gasteiger partial charge in [0.15, 0.2) is 5.60 Å². The molecule has 1 spiro atoms. The van der Waals surface area contributed by atoms with Gasteiger partial charge in [-0.15, -0.1) is 0 Å². The van der Waals surface area contributed by atoms with Gasteiger partial charge in [-0.3, -0.25) is 48.8 Å². The molecule has 3 aromatic rings. The van der Waals surface area contributed by atoms with Gasteiger partial charge in [0.25, 0.3) is 5.91 Å². The molecule has 1 saturated carbocycles. The third-order valence-corrected chi connectivity index (χ3v) is 21.8. The normalized spacial score (nSPS) is 29.0. The molecule has 5 amide bonds. The van der Waals surface area contributed by atoms with E-state index in [1.54, 1.807) is 11.9 Å². The van der Waals surface area contributed by atoms with Crippen molar-refractivity contribution in [2.45, 2.75) is 131 Å². The van der Waals surface area contributed by atoms with E-state index in [1.807, 2.05) is 62.4 Å². The molecule has 2 bridgehead atoms. The highest BCUT2D eigenvalue weighted by Gasteiger charge is 2.79. The van der Waals surface area contributed by atoms with E-state index < -0.39 is 137 Å². The second kappa shape index (κ2) is 27.0. The minimum atomic E-state index is -2.63. The first-order chi connectivity index (χ1) is 42.8. The number of benzene rings is 2. The zero-order valence-electron chi connectivity index (χ0n) is 51.1. The lowest BCUT2D eigenvalue weighted by Crippen LogP contribution is -2.82. The van der Waals surface area contributed by atoms with E-state index >= 15 is 9.59 Å². The molecule has 12 N–H and O–H groups in total. The number of para-hydroxylation sites is 1. The Labute approximate surface area is 527 Å². The summed E-state index contributed by atoms with van der Waals surface area (Å²) in [7, 11) is 7.10. The molecule has 6 aliphatic rings. The number of nitrogens with zero attached hydrogens (tertiary/aromatic N) is 3. The molecule has 13 atom stereocenters. The van der Waals surface area contributed by atoms with Gasteiger partial charge < -0.3 is 70.7 Å². The number of aromatic amines is 1. The number of anilines is 1. The Bertz CT molecular complexity index is 3330. The van der Waals surface area contributed by atoms with Crippen LogP contribution in [0.4, 0.5) is 10.5 Å². The molecule has 1 aliphatic carbocycles. The number of carboxylic acid groups (broad SMARTS) is 3. The first-order valence-corrected chi connectivity index (χ1v) is 32.7. The van der Waals surface area contributed by atoms with Gasteiger partial charge >= 0.3 is 30.0 Å². The second-order valence-corrected chi connectivity index (χ2v) is 27.3. The Morgan fingerprint density at radius 1 is 0.856 bits per heavy atom. The molecule has 6 heterocycles. The summed E-state index contributed by atoms with van der Waals surface area (Å²) in [6, 6.07) is 6.67. The topological polar surface area (TPSA) is 388 Å². The fourth-order valence-corrected chi connectivity index (χ4v) is 17.3. The van der Waals surface area contributed by atoms with Crippen LogP contribution >= 0.6 is 21.6 Å². The van der Waals surface area contributed by atoms with Crippen molar-refractivity contribution in [2.75, 3.05) is 83.5 Å². The fourth-order valence-electron chi connectivity index (χ4n) is 15.5. The summed E-state index contributed by atoms with van der Waals surface area (Å²) >= 11 is 0. The number of carbonyl (C=O) groups excluding carboxylic acids is 6. The average molecular weight is 1290 g/mol. The molecule has 2 saturated heterocycles. The molecule has 9 rings (SSSR count). The molecule has 90 heavy (non-hydrogen) atoms. The van der Waals surface area contributed by atoms with Crippen molar-refractivity contribution in [1.29, 1.82) is 0 Å². The van der Waals surface area contributed by atoms with Crippen molar-refractivity contribution in [3.63, 3.8) is 0 Å². The lowest BCUT2D eigenvalue weighted by molar-refractivity contribution is -0.204. The molecule has 2 unspecified atom stereocenters. The minimum absolute atomic E-state index is 0.116. The predicted molar refractivity (Wildman–Crippen MR) is 329 cm³/mol. The molecule has 29 heteroatoms. The maximum absolute atomic E-state index is 15.5. The summed E-state index contributed by atoms with van der Waals surface area (Å²) in [5, 5.41) is 74.1.